The normalized spacial score (nSPS) is 27.1. The molecule has 132 valence electrons. The second-order valence-corrected chi connectivity index (χ2v) is 7.11. The number of esters is 1. The lowest BCUT2D eigenvalue weighted by molar-refractivity contribution is -0.141. The molecule has 2 aromatic rings. The standard InChI is InChI=1S/C20H16O6/c21-20-19-12(7-22-20)3-11-5-16-17(26-9-25-16)6-13(11)18(19)10-1-2-14-15(4-10)24-8-23-14/h1-2,4-6,12,18-19H,3,7-9H2/t12-,18+,19-/m0/s1. The van der Waals surface area contributed by atoms with E-state index < -0.39 is 0 Å². The zero-order valence-corrected chi connectivity index (χ0v) is 13.9. The highest BCUT2D eigenvalue weighted by molar-refractivity contribution is 5.78. The lowest BCUT2D eigenvalue weighted by Gasteiger charge is -2.33. The van der Waals surface area contributed by atoms with Crippen LogP contribution in [0.4, 0.5) is 0 Å². The van der Waals surface area contributed by atoms with E-state index in [1.165, 1.54) is 5.56 Å². The van der Waals surface area contributed by atoms with Crippen LogP contribution >= 0.6 is 0 Å². The Bertz CT molecular complexity index is 936. The molecule has 1 fully saturated rings. The molecule has 4 aliphatic rings. The van der Waals surface area contributed by atoms with E-state index in [0.29, 0.717) is 6.61 Å². The summed E-state index contributed by atoms with van der Waals surface area (Å²) in [6.45, 7) is 0.938. The molecule has 26 heavy (non-hydrogen) atoms. The highest BCUT2D eigenvalue weighted by atomic mass is 16.7. The fraction of sp³-hybridized carbons (Fsp3) is 0.350. The van der Waals surface area contributed by atoms with E-state index in [1.807, 2.05) is 24.3 Å². The lowest BCUT2D eigenvalue weighted by atomic mass is 9.67. The predicted molar refractivity (Wildman–Crippen MR) is 88.6 cm³/mol. The summed E-state index contributed by atoms with van der Waals surface area (Å²) in [5, 5.41) is 0. The molecule has 3 atom stereocenters. The maximum absolute atomic E-state index is 12.5. The first-order valence-electron chi connectivity index (χ1n) is 8.76. The van der Waals surface area contributed by atoms with Crippen LogP contribution in [0.15, 0.2) is 30.3 Å². The zero-order chi connectivity index (χ0) is 17.3. The first-order valence-corrected chi connectivity index (χ1v) is 8.76. The minimum atomic E-state index is -0.191. The SMILES string of the molecule is O=C1OC[C@@H]2Cc3cc4c(cc3[C@@H](c3ccc5c(c3)OCO5)[C@@H]12)OCO4. The van der Waals surface area contributed by atoms with Gasteiger partial charge in [-0.1, -0.05) is 6.07 Å². The van der Waals surface area contributed by atoms with Crippen LogP contribution in [0.2, 0.25) is 0 Å². The van der Waals surface area contributed by atoms with Gasteiger partial charge in [0.25, 0.3) is 0 Å². The highest BCUT2D eigenvalue weighted by Gasteiger charge is 2.48. The molecular weight excluding hydrogens is 336 g/mol. The summed E-state index contributed by atoms with van der Waals surface area (Å²) in [6, 6.07) is 9.98. The van der Waals surface area contributed by atoms with Crippen molar-refractivity contribution in [1.29, 1.82) is 0 Å². The minimum absolute atomic E-state index is 0.0947. The van der Waals surface area contributed by atoms with Gasteiger partial charge in [0.1, 0.15) is 0 Å². The quantitative estimate of drug-likeness (QED) is 0.735. The number of carbonyl (C=O) groups excluding carboxylic acids is 1. The van der Waals surface area contributed by atoms with Crippen LogP contribution in [-0.4, -0.2) is 26.2 Å². The van der Waals surface area contributed by atoms with Crippen LogP contribution in [0.5, 0.6) is 23.0 Å². The third-order valence-corrected chi connectivity index (χ3v) is 5.79. The molecule has 0 unspecified atom stereocenters. The van der Waals surface area contributed by atoms with Gasteiger partial charge in [-0.2, -0.15) is 0 Å². The second-order valence-electron chi connectivity index (χ2n) is 7.11. The van der Waals surface area contributed by atoms with Crippen molar-refractivity contribution in [2.75, 3.05) is 20.2 Å². The Morgan fingerprint density at radius 1 is 0.808 bits per heavy atom. The number of cyclic esters (lactones) is 1. The summed E-state index contributed by atoms with van der Waals surface area (Å²) in [5.74, 6) is 2.73. The third-order valence-electron chi connectivity index (χ3n) is 5.79. The van der Waals surface area contributed by atoms with Crippen LogP contribution in [-0.2, 0) is 16.0 Å². The Morgan fingerprint density at radius 3 is 2.38 bits per heavy atom. The molecule has 0 amide bonds. The molecule has 6 nitrogen and oxygen atoms in total. The van der Waals surface area contributed by atoms with Crippen molar-refractivity contribution in [2.45, 2.75) is 12.3 Å². The van der Waals surface area contributed by atoms with Crippen LogP contribution in [0.25, 0.3) is 0 Å². The van der Waals surface area contributed by atoms with Gasteiger partial charge < -0.3 is 23.7 Å². The van der Waals surface area contributed by atoms with Gasteiger partial charge in [0.2, 0.25) is 13.6 Å². The maximum atomic E-state index is 12.5. The van der Waals surface area contributed by atoms with E-state index in [2.05, 4.69) is 6.07 Å². The monoisotopic (exact) mass is 352 g/mol. The Labute approximate surface area is 149 Å². The molecule has 1 aliphatic carbocycles. The van der Waals surface area contributed by atoms with E-state index in [4.69, 9.17) is 23.7 Å². The summed E-state index contributed by atoms with van der Waals surface area (Å²) >= 11 is 0. The van der Waals surface area contributed by atoms with Crippen molar-refractivity contribution in [1.82, 2.24) is 0 Å². The number of rotatable bonds is 1. The molecular formula is C20H16O6. The Morgan fingerprint density at radius 2 is 1.54 bits per heavy atom. The maximum Gasteiger partial charge on any atom is 0.310 e. The van der Waals surface area contributed by atoms with Gasteiger partial charge in [-0.15, -0.1) is 0 Å². The predicted octanol–water partition coefficient (Wildman–Crippen LogP) is 2.62. The summed E-state index contributed by atoms with van der Waals surface area (Å²) in [5.41, 5.74) is 3.33. The first-order chi connectivity index (χ1) is 12.8. The van der Waals surface area contributed by atoms with Crippen molar-refractivity contribution < 1.29 is 28.5 Å². The van der Waals surface area contributed by atoms with Crippen molar-refractivity contribution >= 4 is 5.97 Å². The van der Waals surface area contributed by atoms with Gasteiger partial charge in [-0.25, -0.2) is 0 Å². The number of ether oxygens (including phenoxy) is 5. The minimum Gasteiger partial charge on any atom is -0.465 e. The van der Waals surface area contributed by atoms with Gasteiger partial charge in [0.15, 0.2) is 23.0 Å². The summed E-state index contributed by atoms with van der Waals surface area (Å²) in [7, 11) is 0. The van der Waals surface area contributed by atoms with E-state index in [1.54, 1.807) is 0 Å². The van der Waals surface area contributed by atoms with Gasteiger partial charge in [0.05, 0.1) is 12.5 Å². The molecule has 0 saturated carbocycles. The Balaban J connectivity index is 1.54. The fourth-order valence-corrected chi connectivity index (χ4v) is 4.61. The van der Waals surface area contributed by atoms with Crippen molar-refractivity contribution in [3.05, 3.63) is 47.0 Å². The molecule has 6 rings (SSSR count). The van der Waals surface area contributed by atoms with E-state index >= 15 is 0 Å². The highest BCUT2D eigenvalue weighted by Crippen LogP contribution is 2.51. The largest absolute Gasteiger partial charge is 0.465 e. The van der Waals surface area contributed by atoms with Crippen LogP contribution in [0, 0.1) is 11.8 Å². The third kappa shape index (κ3) is 1.90. The molecule has 0 N–H and O–H groups in total. The molecule has 3 heterocycles. The molecule has 0 radical (unpaired) electrons. The summed E-state index contributed by atoms with van der Waals surface area (Å²) in [4.78, 5) is 12.5. The van der Waals surface area contributed by atoms with E-state index in [-0.39, 0.29) is 37.3 Å². The molecule has 0 spiro atoms. The van der Waals surface area contributed by atoms with Gasteiger partial charge in [0, 0.05) is 11.8 Å². The summed E-state index contributed by atoms with van der Waals surface area (Å²) < 4.78 is 27.5. The van der Waals surface area contributed by atoms with Crippen LogP contribution in [0.1, 0.15) is 22.6 Å². The van der Waals surface area contributed by atoms with Crippen LogP contribution in [0.3, 0.4) is 0 Å². The topological polar surface area (TPSA) is 63.2 Å². The van der Waals surface area contributed by atoms with Gasteiger partial charge >= 0.3 is 5.97 Å². The number of benzene rings is 2. The lowest BCUT2D eigenvalue weighted by Crippen LogP contribution is -2.31. The van der Waals surface area contributed by atoms with Crippen LogP contribution < -0.4 is 18.9 Å². The van der Waals surface area contributed by atoms with Gasteiger partial charge in [-0.3, -0.25) is 4.79 Å². The number of hydrogen-bond donors (Lipinski definition) is 0. The average molecular weight is 352 g/mol. The Hall–Kier alpha value is -2.89. The molecule has 6 heteroatoms. The van der Waals surface area contributed by atoms with Gasteiger partial charge in [-0.05, 0) is 47.4 Å². The fourth-order valence-electron chi connectivity index (χ4n) is 4.61. The van der Waals surface area contributed by atoms with Crippen molar-refractivity contribution in [3.63, 3.8) is 0 Å². The second kappa shape index (κ2) is 5.06. The molecule has 3 aliphatic heterocycles. The van der Waals surface area contributed by atoms with E-state index in [9.17, 15) is 4.79 Å². The van der Waals surface area contributed by atoms with Crippen molar-refractivity contribution in [3.8, 4) is 23.0 Å². The first kappa shape index (κ1) is 14.3. The van der Waals surface area contributed by atoms with Crippen molar-refractivity contribution in [2.24, 2.45) is 11.8 Å². The number of carbonyl (C=O) groups is 1. The molecule has 1 saturated heterocycles. The van der Waals surface area contributed by atoms with E-state index in [0.717, 1.165) is 40.5 Å². The Kier molecular flexibility index (Phi) is 2.78. The smallest absolute Gasteiger partial charge is 0.310 e. The number of hydrogen-bond acceptors (Lipinski definition) is 6. The average Bonchev–Trinajstić information content (AvgIpc) is 3.37. The summed E-state index contributed by atoms with van der Waals surface area (Å²) in [6.07, 6.45) is 0.809. The number of fused-ring (bicyclic) bond motifs is 4. The molecule has 0 aromatic heterocycles. The molecule has 2 aromatic carbocycles. The molecule has 0 bridgehead atoms. The zero-order valence-electron chi connectivity index (χ0n) is 13.9.